The molecule has 2 aromatic carbocycles. The molecule has 128 valence electrons. The molecule has 1 aliphatic rings. The molecule has 0 spiro atoms. The summed E-state index contributed by atoms with van der Waals surface area (Å²) < 4.78 is 5.32. The van der Waals surface area contributed by atoms with Gasteiger partial charge in [0.25, 0.3) is 0 Å². The fourth-order valence-corrected chi connectivity index (χ4v) is 3.36. The summed E-state index contributed by atoms with van der Waals surface area (Å²) in [7, 11) is 0. The van der Waals surface area contributed by atoms with Crippen molar-refractivity contribution in [1.29, 1.82) is 0 Å². The van der Waals surface area contributed by atoms with Crippen molar-refractivity contribution in [2.75, 3.05) is 11.5 Å². The van der Waals surface area contributed by atoms with E-state index < -0.39 is 0 Å². The van der Waals surface area contributed by atoms with Crippen LogP contribution in [0.25, 0.3) is 0 Å². The molecule has 1 atom stereocenters. The molecule has 1 unspecified atom stereocenters. The third-order valence-corrected chi connectivity index (χ3v) is 4.43. The highest BCUT2D eigenvalue weighted by Gasteiger charge is 2.35. The maximum Gasteiger partial charge on any atom is 0.338 e. The van der Waals surface area contributed by atoms with Crippen LogP contribution in [0, 0.1) is 0 Å². The van der Waals surface area contributed by atoms with Crippen molar-refractivity contribution in [1.82, 2.24) is 5.32 Å². The highest BCUT2D eigenvalue weighted by Crippen LogP contribution is 2.33. The zero-order chi connectivity index (χ0) is 17.8. The number of carbonyl (C=O) groups excluding carboxylic acids is 1. The van der Waals surface area contributed by atoms with Crippen molar-refractivity contribution in [3.05, 3.63) is 77.5 Å². The van der Waals surface area contributed by atoms with E-state index in [1.54, 1.807) is 6.92 Å². The van der Waals surface area contributed by atoms with Gasteiger partial charge in [-0.1, -0.05) is 48.5 Å². The maximum absolute atomic E-state index is 12.7. The lowest BCUT2D eigenvalue weighted by Gasteiger charge is -2.37. The molecular formula is C20H20N2O2S. The van der Waals surface area contributed by atoms with Gasteiger partial charge in [-0.05, 0) is 43.8 Å². The Labute approximate surface area is 153 Å². The lowest BCUT2D eigenvalue weighted by Crippen LogP contribution is -2.48. The number of benzene rings is 2. The van der Waals surface area contributed by atoms with Gasteiger partial charge in [0.05, 0.1) is 18.2 Å². The van der Waals surface area contributed by atoms with E-state index in [-0.39, 0.29) is 12.0 Å². The quantitative estimate of drug-likeness (QED) is 0.666. The van der Waals surface area contributed by atoms with Gasteiger partial charge in [0.15, 0.2) is 5.11 Å². The molecule has 0 aromatic heterocycles. The summed E-state index contributed by atoms with van der Waals surface area (Å²) in [5.41, 5.74) is 3.23. The van der Waals surface area contributed by atoms with Crippen LogP contribution in [0.1, 0.15) is 25.5 Å². The van der Waals surface area contributed by atoms with Gasteiger partial charge >= 0.3 is 5.97 Å². The summed E-state index contributed by atoms with van der Waals surface area (Å²) in [6.07, 6.45) is 0. The Morgan fingerprint density at radius 3 is 2.32 bits per heavy atom. The Balaban J connectivity index is 2.12. The van der Waals surface area contributed by atoms with Gasteiger partial charge in [0.1, 0.15) is 0 Å². The van der Waals surface area contributed by atoms with Crippen LogP contribution in [0.3, 0.4) is 0 Å². The van der Waals surface area contributed by atoms with E-state index in [1.165, 1.54) is 0 Å². The van der Waals surface area contributed by atoms with Gasteiger partial charge in [-0.2, -0.15) is 0 Å². The second kappa shape index (κ2) is 7.49. The molecule has 0 saturated carbocycles. The minimum atomic E-state index is -0.329. The average molecular weight is 352 g/mol. The van der Waals surface area contributed by atoms with Crippen LogP contribution in [0.15, 0.2) is 71.9 Å². The first-order chi connectivity index (χ1) is 12.1. The van der Waals surface area contributed by atoms with E-state index in [9.17, 15) is 4.79 Å². The topological polar surface area (TPSA) is 41.6 Å². The molecule has 25 heavy (non-hydrogen) atoms. The van der Waals surface area contributed by atoms with E-state index in [4.69, 9.17) is 17.0 Å². The Morgan fingerprint density at radius 1 is 1.12 bits per heavy atom. The van der Waals surface area contributed by atoms with E-state index in [0.717, 1.165) is 16.9 Å². The van der Waals surface area contributed by atoms with Crippen LogP contribution in [0.4, 0.5) is 5.69 Å². The number of anilines is 1. The van der Waals surface area contributed by atoms with Gasteiger partial charge < -0.3 is 10.1 Å². The largest absolute Gasteiger partial charge is 0.463 e. The first-order valence-electron chi connectivity index (χ1n) is 8.22. The van der Waals surface area contributed by atoms with Crippen LogP contribution in [0.2, 0.25) is 0 Å². The van der Waals surface area contributed by atoms with Crippen molar-refractivity contribution in [2.45, 2.75) is 19.9 Å². The fourth-order valence-electron chi connectivity index (χ4n) is 3.00. The number of nitrogens with zero attached hydrogens (tertiary/aromatic N) is 1. The van der Waals surface area contributed by atoms with E-state index >= 15 is 0 Å². The number of allylic oxidation sites excluding steroid dienone is 1. The van der Waals surface area contributed by atoms with Crippen LogP contribution in [-0.4, -0.2) is 17.7 Å². The Kier molecular flexibility index (Phi) is 5.14. The summed E-state index contributed by atoms with van der Waals surface area (Å²) in [5.74, 6) is -0.329. The SMILES string of the molecule is CCOC(=O)C1=C(C)N(c2ccccc2)C(=S)NC1c1ccccc1. The Morgan fingerprint density at radius 2 is 1.72 bits per heavy atom. The summed E-state index contributed by atoms with van der Waals surface area (Å²) in [4.78, 5) is 14.6. The van der Waals surface area contributed by atoms with Crippen LogP contribution < -0.4 is 10.2 Å². The van der Waals surface area contributed by atoms with Crippen molar-refractivity contribution >= 4 is 29.0 Å². The standard InChI is InChI=1S/C20H20N2O2S/c1-3-24-19(23)17-14(2)22(16-12-8-5-9-13-16)20(25)21-18(17)15-10-6-4-7-11-15/h4-13,18H,3H2,1-2H3,(H,21,25). The lowest BCUT2D eigenvalue weighted by atomic mass is 9.95. The smallest absolute Gasteiger partial charge is 0.338 e. The summed E-state index contributed by atoms with van der Waals surface area (Å²) in [6, 6.07) is 19.2. The molecule has 2 aromatic rings. The molecule has 0 saturated heterocycles. The van der Waals surface area contributed by atoms with Gasteiger partial charge in [0, 0.05) is 11.4 Å². The first-order valence-corrected chi connectivity index (χ1v) is 8.62. The van der Waals surface area contributed by atoms with Crippen molar-refractivity contribution in [3.8, 4) is 0 Å². The summed E-state index contributed by atoms with van der Waals surface area (Å²) >= 11 is 5.60. The zero-order valence-electron chi connectivity index (χ0n) is 14.2. The van der Waals surface area contributed by atoms with E-state index in [2.05, 4.69) is 5.32 Å². The number of hydrogen-bond donors (Lipinski definition) is 1. The molecule has 1 heterocycles. The number of para-hydroxylation sites is 1. The molecule has 3 rings (SSSR count). The average Bonchev–Trinajstić information content (AvgIpc) is 2.63. The number of esters is 1. The second-order valence-corrected chi connectivity index (χ2v) is 6.07. The molecule has 5 heteroatoms. The molecule has 1 N–H and O–H groups in total. The maximum atomic E-state index is 12.7. The van der Waals surface area contributed by atoms with Crippen molar-refractivity contribution in [2.24, 2.45) is 0 Å². The van der Waals surface area contributed by atoms with Crippen LogP contribution in [0.5, 0.6) is 0 Å². The van der Waals surface area contributed by atoms with Crippen LogP contribution in [-0.2, 0) is 9.53 Å². The van der Waals surface area contributed by atoms with Crippen molar-refractivity contribution < 1.29 is 9.53 Å². The van der Waals surface area contributed by atoms with Gasteiger partial charge in [0.2, 0.25) is 0 Å². The van der Waals surface area contributed by atoms with Crippen molar-refractivity contribution in [3.63, 3.8) is 0 Å². The third kappa shape index (κ3) is 3.42. The second-order valence-electron chi connectivity index (χ2n) is 5.68. The number of carbonyl (C=O) groups is 1. The number of nitrogens with one attached hydrogen (secondary N) is 1. The molecule has 0 bridgehead atoms. The predicted molar refractivity (Wildman–Crippen MR) is 103 cm³/mol. The summed E-state index contributed by atoms with van der Waals surface area (Å²) in [6.45, 7) is 4.04. The zero-order valence-corrected chi connectivity index (χ0v) is 15.0. The molecule has 0 radical (unpaired) electrons. The van der Waals surface area contributed by atoms with Gasteiger partial charge in [-0.15, -0.1) is 0 Å². The number of thiocarbonyl (C=S) groups is 1. The lowest BCUT2D eigenvalue weighted by molar-refractivity contribution is -0.139. The Bertz CT molecular complexity index is 803. The minimum absolute atomic E-state index is 0.326. The van der Waals surface area contributed by atoms with E-state index in [0.29, 0.717) is 17.3 Å². The number of ether oxygens (including phenoxy) is 1. The van der Waals surface area contributed by atoms with E-state index in [1.807, 2.05) is 72.5 Å². The third-order valence-electron chi connectivity index (χ3n) is 4.13. The fraction of sp³-hybridized carbons (Fsp3) is 0.200. The summed E-state index contributed by atoms with van der Waals surface area (Å²) in [5, 5.41) is 3.86. The first kappa shape index (κ1) is 17.2. The van der Waals surface area contributed by atoms with Crippen LogP contribution >= 0.6 is 12.2 Å². The molecule has 0 amide bonds. The predicted octanol–water partition coefficient (Wildman–Crippen LogP) is 3.96. The minimum Gasteiger partial charge on any atom is -0.463 e. The van der Waals surface area contributed by atoms with Gasteiger partial charge in [-0.25, -0.2) is 4.79 Å². The molecule has 4 nitrogen and oxygen atoms in total. The Hall–Kier alpha value is -2.66. The van der Waals surface area contributed by atoms with Gasteiger partial charge in [-0.3, -0.25) is 4.90 Å². The molecule has 1 aliphatic heterocycles. The highest BCUT2D eigenvalue weighted by molar-refractivity contribution is 7.80. The molecular weight excluding hydrogens is 332 g/mol. The normalized spacial score (nSPS) is 17.3. The molecule has 0 aliphatic carbocycles. The number of rotatable bonds is 4. The number of hydrogen-bond acceptors (Lipinski definition) is 3. The monoisotopic (exact) mass is 352 g/mol. The highest BCUT2D eigenvalue weighted by atomic mass is 32.1. The molecule has 0 fully saturated rings.